The van der Waals surface area contributed by atoms with Crippen LogP contribution < -0.4 is 4.90 Å². The van der Waals surface area contributed by atoms with Gasteiger partial charge in [0, 0.05) is 55.8 Å². The van der Waals surface area contributed by atoms with E-state index in [-0.39, 0.29) is 0 Å². The molecule has 7 heteroatoms. The van der Waals surface area contributed by atoms with Gasteiger partial charge in [-0.1, -0.05) is 6.07 Å². The second kappa shape index (κ2) is 6.66. The lowest BCUT2D eigenvalue weighted by atomic mass is 10.1. The van der Waals surface area contributed by atoms with Crippen molar-refractivity contribution in [2.24, 2.45) is 0 Å². The number of benzene rings is 1. The van der Waals surface area contributed by atoms with Crippen LogP contribution in [0.25, 0.3) is 10.9 Å². The highest BCUT2D eigenvalue weighted by Gasteiger charge is 2.30. The lowest BCUT2D eigenvalue weighted by molar-refractivity contribution is 0.385. The van der Waals surface area contributed by atoms with E-state index in [9.17, 15) is 8.42 Å². The van der Waals surface area contributed by atoms with Crippen LogP contribution in [0.4, 0.5) is 5.69 Å². The molecular formula is C19H20N4O2S. The number of aryl methyl sites for hydroxylation is 1. The quantitative estimate of drug-likeness (QED) is 0.710. The lowest BCUT2D eigenvalue weighted by Gasteiger charge is -2.35. The third-order valence-electron chi connectivity index (χ3n) is 4.82. The van der Waals surface area contributed by atoms with E-state index < -0.39 is 10.0 Å². The van der Waals surface area contributed by atoms with Crippen molar-refractivity contribution in [3.63, 3.8) is 0 Å². The molecule has 1 aromatic carbocycles. The Labute approximate surface area is 153 Å². The molecular weight excluding hydrogens is 348 g/mol. The SMILES string of the molecule is Cc1ccc(S(=O)(=O)N2CCN(c3ccncc3)CC2)c2cccnc12. The first-order valence-electron chi connectivity index (χ1n) is 8.57. The summed E-state index contributed by atoms with van der Waals surface area (Å²) in [5.74, 6) is 0. The van der Waals surface area contributed by atoms with Gasteiger partial charge in [-0.05, 0) is 42.8 Å². The molecule has 0 amide bonds. The van der Waals surface area contributed by atoms with Crippen LogP contribution in [0.5, 0.6) is 0 Å². The normalized spacial score (nSPS) is 16.1. The van der Waals surface area contributed by atoms with E-state index in [1.165, 1.54) is 0 Å². The molecule has 3 heterocycles. The summed E-state index contributed by atoms with van der Waals surface area (Å²) in [6.45, 7) is 4.18. The van der Waals surface area contributed by atoms with Gasteiger partial charge in [0.15, 0.2) is 0 Å². The molecule has 3 aromatic rings. The molecule has 1 saturated heterocycles. The first-order valence-corrected chi connectivity index (χ1v) is 10.0. The number of anilines is 1. The molecule has 4 rings (SSSR count). The van der Waals surface area contributed by atoms with Gasteiger partial charge in [0.05, 0.1) is 10.4 Å². The molecule has 0 unspecified atom stereocenters. The highest BCUT2D eigenvalue weighted by molar-refractivity contribution is 7.89. The van der Waals surface area contributed by atoms with Crippen LogP contribution in [-0.4, -0.2) is 48.9 Å². The monoisotopic (exact) mass is 368 g/mol. The summed E-state index contributed by atoms with van der Waals surface area (Å²) in [6, 6.07) is 11.0. The van der Waals surface area contributed by atoms with Gasteiger partial charge in [0.2, 0.25) is 10.0 Å². The van der Waals surface area contributed by atoms with Gasteiger partial charge in [0.1, 0.15) is 0 Å². The smallest absolute Gasteiger partial charge is 0.243 e. The van der Waals surface area contributed by atoms with E-state index >= 15 is 0 Å². The van der Waals surface area contributed by atoms with Gasteiger partial charge in [-0.3, -0.25) is 9.97 Å². The van der Waals surface area contributed by atoms with Crippen molar-refractivity contribution in [1.82, 2.24) is 14.3 Å². The summed E-state index contributed by atoms with van der Waals surface area (Å²) >= 11 is 0. The Morgan fingerprint density at radius 1 is 0.923 bits per heavy atom. The van der Waals surface area contributed by atoms with Gasteiger partial charge >= 0.3 is 0 Å². The molecule has 0 spiro atoms. The van der Waals surface area contributed by atoms with Crippen LogP contribution in [0, 0.1) is 6.92 Å². The molecule has 6 nitrogen and oxygen atoms in total. The fraction of sp³-hybridized carbons (Fsp3) is 0.263. The summed E-state index contributed by atoms with van der Waals surface area (Å²) in [5.41, 5.74) is 2.79. The summed E-state index contributed by atoms with van der Waals surface area (Å²) < 4.78 is 28.0. The molecule has 0 saturated carbocycles. The van der Waals surface area contributed by atoms with Gasteiger partial charge in [0.25, 0.3) is 0 Å². The molecule has 1 aliphatic rings. The molecule has 1 aliphatic heterocycles. The molecule has 1 fully saturated rings. The Balaban J connectivity index is 1.62. The van der Waals surface area contributed by atoms with Crippen molar-refractivity contribution >= 4 is 26.6 Å². The molecule has 2 aromatic heterocycles. The Kier molecular flexibility index (Phi) is 4.34. The molecule has 0 atom stereocenters. The van der Waals surface area contributed by atoms with E-state index in [4.69, 9.17) is 0 Å². The summed E-state index contributed by atoms with van der Waals surface area (Å²) in [4.78, 5) is 10.9. The number of sulfonamides is 1. The Morgan fingerprint density at radius 2 is 1.65 bits per heavy atom. The fourth-order valence-corrected chi connectivity index (χ4v) is 5.00. The molecule has 0 bridgehead atoms. The number of piperazine rings is 1. The minimum atomic E-state index is -3.56. The van der Waals surface area contributed by atoms with Gasteiger partial charge in [-0.25, -0.2) is 8.42 Å². The van der Waals surface area contributed by atoms with Gasteiger partial charge in [-0.2, -0.15) is 4.31 Å². The second-order valence-corrected chi connectivity index (χ2v) is 8.28. The fourth-order valence-electron chi connectivity index (χ4n) is 3.39. The maximum absolute atomic E-state index is 13.2. The van der Waals surface area contributed by atoms with Crippen LogP contribution in [0.15, 0.2) is 59.9 Å². The molecule has 26 heavy (non-hydrogen) atoms. The molecule has 134 valence electrons. The minimum absolute atomic E-state index is 0.337. The first-order chi connectivity index (χ1) is 12.6. The highest BCUT2D eigenvalue weighted by Crippen LogP contribution is 2.28. The third-order valence-corrected chi connectivity index (χ3v) is 6.77. The number of rotatable bonds is 3. The largest absolute Gasteiger partial charge is 0.369 e. The van der Waals surface area contributed by atoms with Crippen LogP contribution >= 0.6 is 0 Å². The number of nitrogens with zero attached hydrogens (tertiary/aromatic N) is 4. The van der Waals surface area contributed by atoms with Crippen molar-refractivity contribution in [3.05, 3.63) is 60.6 Å². The van der Waals surface area contributed by atoms with E-state index in [1.807, 2.05) is 31.2 Å². The number of hydrogen-bond acceptors (Lipinski definition) is 5. The van der Waals surface area contributed by atoms with Crippen molar-refractivity contribution < 1.29 is 8.42 Å². The molecule has 0 radical (unpaired) electrons. The first kappa shape index (κ1) is 16.9. The number of pyridine rings is 2. The number of fused-ring (bicyclic) bond motifs is 1. The average Bonchev–Trinajstić information content (AvgIpc) is 2.69. The van der Waals surface area contributed by atoms with Crippen LogP contribution in [-0.2, 0) is 10.0 Å². The average molecular weight is 368 g/mol. The second-order valence-electron chi connectivity index (χ2n) is 6.38. The Morgan fingerprint density at radius 3 is 2.38 bits per heavy atom. The summed E-state index contributed by atoms with van der Waals surface area (Å²) in [5, 5.41) is 0.684. The van der Waals surface area contributed by atoms with Crippen molar-refractivity contribution in [1.29, 1.82) is 0 Å². The standard InChI is InChI=1S/C19H20N4O2S/c1-15-4-5-18(17-3-2-8-21-19(15)17)26(24,25)23-13-11-22(12-14-23)16-6-9-20-10-7-16/h2-10H,11-14H2,1H3. The summed E-state index contributed by atoms with van der Waals surface area (Å²) in [6.07, 6.45) is 5.20. The molecule has 0 N–H and O–H groups in total. The van der Waals surface area contributed by atoms with Crippen molar-refractivity contribution in [2.45, 2.75) is 11.8 Å². The van der Waals surface area contributed by atoms with E-state index in [1.54, 1.807) is 35.0 Å². The van der Waals surface area contributed by atoms with Crippen LogP contribution in [0.1, 0.15) is 5.56 Å². The van der Waals surface area contributed by atoms with E-state index in [0.717, 1.165) is 16.8 Å². The van der Waals surface area contributed by atoms with Gasteiger partial charge in [-0.15, -0.1) is 0 Å². The summed E-state index contributed by atoms with van der Waals surface area (Å²) in [7, 11) is -3.56. The van der Waals surface area contributed by atoms with Crippen molar-refractivity contribution in [3.8, 4) is 0 Å². The topological polar surface area (TPSA) is 66.4 Å². The lowest BCUT2D eigenvalue weighted by Crippen LogP contribution is -2.48. The Bertz CT molecular complexity index is 1030. The minimum Gasteiger partial charge on any atom is -0.369 e. The van der Waals surface area contributed by atoms with Crippen molar-refractivity contribution in [2.75, 3.05) is 31.1 Å². The van der Waals surface area contributed by atoms with Crippen LogP contribution in [0.2, 0.25) is 0 Å². The predicted molar refractivity (Wildman–Crippen MR) is 102 cm³/mol. The Hall–Kier alpha value is -2.51. The predicted octanol–water partition coefficient (Wildman–Crippen LogP) is 2.45. The zero-order valence-electron chi connectivity index (χ0n) is 14.5. The zero-order chi connectivity index (χ0) is 18.1. The molecule has 0 aliphatic carbocycles. The highest BCUT2D eigenvalue weighted by atomic mass is 32.2. The third kappa shape index (κ3) is 2.93. The van der Waals surface area contributed by atoms with E-state index in [2.05, 4.69) is 14.9 Å². The van der Waals surface area contributed by atoms with E-state index in [0.29, 0.717) is 36.5 Å². The maximum Gasteiger partial charge on any atom is 0.243 e. The van der Waals surface area contributed by atoms with Crippen LogP contribution in [0.3, 0.4) is 0 Å². The van der Waals surface area contributed by atoms with Gasteiger partial charge < -0.3 is 4.90 Å². The number of aromatic nitrogens is 2. The zero-order valence-corrected chi connectivity index (χ0v) is 15.4. The maximum atomic E-state index is 13.2. The number of hydrogen-bond donors (Lipinski definition) is 0.